The van der Waals surface area contributed by atoms with Gasteiger partial charge in [-0.15, -0.1) is 0 Å². The van der Waals surface area contributed by atoms with Crippen molar-refractivity contribution in [2.24, 2.45) is 0 Å². The Morgan fingerprint density at radius 2 is 1.00 bits per heavy atom. The average Bonchev–Trinajstić information content (AvgIpc) is 2.78. The number of rotatable bonds is 3. The summed E-state index contributed by atoms with van der Waals surface area (Å²) in [6.07, 6.45) is 5.96. The molecular formula is C15H31NP2. The van der Waals surface area contributed by atoms with Crippen LogP contribution in [0.5, 0.6) is 0 Å². The van der Waals surface area contributed by atoms with Gasteiger partial charge in [0.25, 0.3) is 0 Å². The molecule has 0 unspecified atom stereocenters. The van der Waals surface area contributed by atoms with E-state index in [0.717, 1.165) is 28.2 Å². The molecule has 106 valence electrons. The van der Waals surface area contributed by atoms with Crippen LogP contribution in [0.1, 0.15) is 53.4 Å². The zero-order chi connectivity index (χ0) is 13.4. The Hall–Kier alpha value is 0.820. The lowest BCUT2D eigenvalue weighted by Gasteiger charge is -2.43. The first-order valence-corrected chi connectivity index (χ1v) is 10.7. The van der Waals surface area contributed by atoms with E-state index < -0.39 is 0 Å². The summed E-state index contributed by atoms with van der Waals surface area (Å²) in [5.41, 5.74) is 4.96. The molecule has 2 heterocycles. The van der Waals surface area contributed by atoms with E-state index >= 15 is 0 Å². The van der Waals surface area contributed by atoms with Crippen molar-refractivity contribution in [2.45, 2.75) is 81.5 Å². The summed E-state index contributed by atoms with van der Waals surface area (Å²) >= 11 is 0. The van der Waals surface area contributed by atoms with Crippen LogP contribution < -0.4 is 0 Å². The second kappa shape index (κ2) is 6.07. The van der Waals surface area contributed by atoms with Crippen LogP contribution in [0.25, 0.3) is 0 Å². The zero-order valence-electron chi connectivity index (χ0n) is 13.1. The molecule has 4 atom stereocenters. The molecule has 0 aromatic carbocycles. The van der Waals surface area contributed by atoms with Gasteiger partial charge in [-0.05, 0) is 62.4 Å². The molecule has 0 aromatic heterocycles. The van der Waals surface area contributed by atoms with Crippen LogP contribution in [-0.4, -0.2) is 47.2 Å². The zero-order valence-corrected chi connectivity index (χ0v) is 14.8. The second-order valence-corrected chi connectivity index (χ2v) is 13.5. The second-order valence-electron chi connectivity index (χ2n) is 6.76. The maximum absolute atomic E-state index is 2.62. The predicted octanol–water partition coefficient (Wildman–Crippen LogP) is 4.94. The van der Waals surface area contributed by atoms with Crippen molar-refractivity contribution in [1.82, 2.24) is 4.90 Å². The lowest BCUT2D eigenvalue weighted by atomic mass is 10.2. The molecule has 0 saturated carbocycles. The van der Waals surface area contributed by atoms with Gasteiger partial charge in [-0.1, -0.05) is 43.5 Å². The third-order valence-corrected chi connectivity index (χ3v) is 13.7. The summed E-state index contributed by atoms with van der Waals surface area (Å²) < 4.78 is 0. The Labute approximate surface area is 117 Å². The molecule has 0 bridgehead atoms. The first-order valence-electron chi connectivity index (χ1n) is 7.64. The summed E-state index contributed by atoms with van der Waals surface area (Å²) in [7, 11) is 5.14. The van der Waals surface area contributed by atoms with Gasteiger partial charge in [0.1, 0.15) is 0 Å². The Morgan fingerprint density at radius 3 is 1.22 bits per heavy atom. The quantitative estimate of drug-likeness (QED) is 0.665. The number of hydrogen-bond donors (Lipinski definition) is 0. The monoisotopic (exact) mass is 287 g/mol. The highest BCUT2D eigenvalue weighted by Crippen LogP contribution is 2.73. The van der Waals surface area contributed by atoms with Crippen molar-refractivity contribution < 1.29 is 0 Å². The van der Waals surface area contributed by atoms with Crippen LogP contribution in [0.2, 0.25) is 0 Å². The van der Waals surface area contributed by atoms with Crippen LogP contribution >= 0.6 is 15.8 Å². The smallest absolute Gasteiger partial charge is 0.0496 e. The Morgan fingerprint density at radius 1 is 0.722 bits per heavy atom. The fourth-order valence-electron chi connectivity index (χ4n) is 4.03. The van der Waals surface area contributed by atoms with E-state index in [2.05, 4.69) is 46.7 Å². The summed E-state index contributed by atoms with van der Waals surface area (Å²) in [4.78, 5) is 2.62. The van der Waals surface area contributed by atoms with Crippen LogP contribution in [-0.2, 0) is 0 Å². The highest BCUT2D eigenvalue weighted by molar-refractivity contribution is 7.77. The molecule has 2 aliphatic rings. The van der Waals surface area contributed by atoms with Gasteiger partial charge >= 0.3 is 0 Å². The molecule has 0 radical (unpaired) electrons. The molecule has 2 rings (SSSR count). The maximum Gasteiger partial charge on any atom is 0.0496 e. The largest absolute Gasteiger partial charge is 0.299 e. The predicted molar refractivity (Wildman–Crippen MR) is 87.6 cm³/mol. The minimum Gasteiger partial charge on any atom is -0.299 e. The molecule has 2 aliphatic heterocycles. The van der Waals surface area contributed by atoms with E-state index in [9.17, 15) is 0 Å². The molecule has 0 aromatic rings. The standard InChI is InChI=1S/C15H31NP2/c1-11-7-8-12(2)17(11)15(16(5)6)18-13(3)9-10-14(18)4/h11-15H,7-10H2,1-6H3/t11-,12-,13-,14-/m1/s1. The minimum atomic E-state index is 0.220. The third-order valence-electron chi connectivity index (χ3n) is 5.04. The summed E-state index contributed by atoms with van der Waals surface area (Å²) in [5, 5.41) is 0. The van der Waals surface area contributed by atoms with E-state index in [1.807, 2.05) is 0 Å². The first kappa shape index (κ1) is 15.2. The van der Waals surface area contributed by atoms with Crippen LogP contribution in [0.15, 0.2) is 0 Å². The van der Waals surface area contributed by atoms with E-state index in [-0.39, 0.29) is 15.8 Å². The van der Waals surface area contributed by atoms with Gasteiger partial charge in [-0.2, -0.15) is 0 Å². The topological polar surface area (TPSA) is 3.24 Å². The number of nitrogens with zero attached hydrogens (tertiary/aromatic N) is 1. The number of hydrogen-bond acceptors (Lipinski definition) is 1. The van der Waals surface area contributed by atoms with Crippen molar-refractivity contribution in [1.29, 1.82) is 0 Å². The molecule has 0 aliphatic carbocycles. The molecule has 0 amide bonds. The average molecular weight is 287 g/mol. The Balaban J connectivity index is 2.22. The Bertz CT molecular complexity index is 238. The molecule has 2 fully saturated rings. The third kappa shape index (κ3) is 2.79. The highest BCUT2D eigenvalue weighted by Gasteiger charge is 2.45. The van der Waals surface area contributed by atoms with Crippen LogP contribution in [0.3, 0.4) is 0 Å². The summed E-state index contributed by atoms with van der Waals surface area (Å²) in [6, 6.07) is 0. The minimum absolute atomic E-state index is 0.220. The van der Waals surface area contributed by atoms with Gasteiger partial charge < -0.3 is 0 Å². The fourth-order valence-corrected chi connectivity index (χ4v) is 14.4. The van der Waals surface area contributed by atoms with E-state index in [1.165, 1.54) is 25.7 Å². The molecule has 1 nitrogen and oxygen atoms in total. The van der Waals surface area contributed by atoms with Gasteiger partial charge in [0.15, 0.2) is 0 Å². The van der Waals surface area contributed by atoms with Crippen molar-refractivity contribution in [3.8, 4) is 0 Å². The van der Waals surface area contributed by atoms with Gasteiger partial charge in [0.2, 0.25) is 0 Å². The fraction of sp³-hybridized carbons (Fsp3) is 1.00. The Kier molecular flexibility index (Phi) is 5.13. The van der Waals surface area contributed by atoms with E-state index in [1.54, 1.807) is 0 Å². The molecular weight excluding hydrogens is 256 g/mol. The highest BCUT2D eigenvalue weighted by atomic mass is 31.2. The van der Waals surface area contributed by atoms with Crippen molar-refractivity contribution in [3.05, 3.63) is 0 Å². The normalized spacial score (nSPS) is 39.3. The van der Waals surface area contributed by atoms with Crippen LogP contribution in [0.4, 0.5) is 0 Å². The van der Waals surface area contributed by atoms with E-state index in [0.29, 0.717) is 0 Å². The van der Waals surface area contributed by atoms with Gasteiger partial charge in [-0.25, -0.2) is 0 Å². The molecule has 0 spiro atoms. The van der Waals surface area contributed by atoms with Gasteiger partial charge in [0.05, 0.1) is 0 Å². The SMILES string of the molecule is C[C@@H]1CC[C@@H](C)P1C(N(C)C)P1[C@H](C)CC[C@H]1C. The molecule has 2 saturated heterocycles. The first-order chi connectivity index (χ1) is 8.43. The molecule has 18 heavy (non-hydrogen) atoms. The van der Waals surface area contributed by atoms with Crippen molar-refractivity contribution in [2.75, 3.05) is 14.1 Å². The molecule has 3 heteroatoms. The molecule has 0 N–H and O–H groups in total. The maximum atomic E-state index is 2.62. The van der Waals surface area contributed by atoms with Crippen molar-refractivity contribution in [3.63, 3.8) is 0 Å². The van der Waals surface area contributed by atoms with Crippen molar-refractivity contribution >= 4 is 15.8 Å². The van der Waals surface area contributed by atoms with E-state index in [4.69, 9.17) is 0 Å². The summed E-state index contributed by atoms with van der Waals surface area (Å²) in [5.74, 6) is 0. The van der Waals surface area contributed by atoms with Gasteiger partial charge in [-0.3, -0.25) is 4.90 Å². The summed E-state index contributed by atoms with van der Waals surface area (Å²) in [6.45, 7) is 10.1. The lowest BCUT2D eigenvalue weighted by Crippen LogP contribution is -2.31. The lowest BCUT2D eigenvalue weighted by molar-refractivity contribution is 0.446. The van der Waals surface area contributed by atoms with Gasteiger partial charge in [0, 0.05) is 5.52 Å². The van der Waals surface area contributed by atoms with Crippen LogP contribution in [0, 0.1) is 0 Å².